The third-order valence-electron chi connectivity index (χ3n) is 5.37. The first-order valence-corrected chi connectivity index (χ1v) is 10.1. The number of carbonyl (C=O) groups is 1. The molecule has 0 bridgehead atoms. The summed E-state index contributed by atoms with van der Waals surface area (Å²) in [6.45, 7) is 5.63. The van der Waals surface area contributed by atoms with Crippen molar-refractivity contribution in [2.24, 2.45) is 4.99 Å². The fraction of sp³-hybridized carbons (Fsp3) is 0.200. The zero-order valence-electron chi connectivity index (χ0n) is 17.3. The largest absolute Gasteiger partial charge is 0.478 e. The Hall–Kier alpha value is -3.60. The van der Waals surface area contributed by atoms with Gasteiger partial charge in [-0.15, -0.1) is 0 Å². The normalized spacial score (nSPS) is 11.9. The number of fused-ring (bicyclic) bond motifs is 2. The quantitative estimate of drug-likeness (QED) is 0.463. The Balaban J connectivity index is 2.13. The molecule has 1 aliphatic heterocycles. The first kappa shape index (κ1) is 19.7. The third-order valence-corrected chi connectivity index (χ3v) is 5.37. The van der Waals surface area contributed by atoms with E-state index >= 15 is 0 Å². The highest BCUT2D eigenvalue weighted by Gasteiger charge is 2.21. The number of aromatic carboxylic acids is 1. The Morgan fingerprint density at radius 3 is 2.57 bits per heavy atom. The van der Waals surface area contributed by atoms with Gasteiger partial charge in [-0.2, -0.15) is 0 Å². The van der Waals surface area contributed by atoms with Crippen molar-refractivity contribution in [2.45, 2.75) is 13.8 Å². The molecule has 1 N–H and O–H groups in total. The Morgan fingerprint density at radius 1 is 1.03 bits per heavy atom. The minimum atomic E-state index is -0.951. The Bertz CT molecular complexity index is 1270. The number of nitrogens with zero attached hydrogens (tertiary/aromatic N) is 2. The molecule has 4 rings (SSSR count). The van der Waals surface area contributed by atoms with Crippen LogP contribution in [-0.4, -0.2) is 31.2 Å². The lowest BCUT2D eigenvalue weighted by Crippen LogP contribution is -2.15. The maximum absolute atomic E-state index is 11.9. The van der Waals surface area contributed by atoms with Gasteiger partial charge in [0.1, 0.15) is 11.3 Å². The van der Waals surface area contributed by atoms with Gasteiger partial charge in [0.2, 0.25) is 0 Å². The predicted molar refractivity (Wildman–Crippen MR) is 120 cm³/mol. The second-order valence-corrected chi connectivity index (χ2v) is 7.18. The summed E-state index contributed by atoms with van der Waals surface area (Å²) in [7, 11) is 2.03. The van der Waals surface area contributed by atoms with Crippen molar-refractivity contribution in [1.82, 2.24) is 0 Å². The van der Waals surface area contributed by atoms with E-state index in [2.05, 4.69) is 16.8 Å². The first-order valence-electron chi connectivity index (χ1n) is 10.1. The van der Waals surface area contributed by atoms with Crippen LogP contribution in [0.4, 0.5) is 5.69 Å². The monoisotopic (exact) mass is 400 g/mol. The lowest BCUT2D eigenvalue weighted by Gasteiger charge is -2.20. The van der Waals surface area contributed by atoms with Crippen molar-refractivity contribution >= 4 is 22.6 Å². The standard InChI is InChI=1S/C25H24N2O3/c1-4-26-16-10-12-20-22(14-16)30-23-15-17(27(3)5-2)11-13-21(23)24(20)18-8-6-7-9-19(18)25(28)29/h6-15H,4-5H2,1-3H3,(H,28,29). The number of rotatable bonds is 5. The zero-order valence-corrected chi connectivity index (χ0v) is 17.3. The van der Waals surface area contributed by atoms with Crippen LogP contribution in [0.1, 0.15) is 24.2 Å². The molecule has 0 saturated carbocycles. The lowest BCUT2D eigenvalue weighted by atomic mass is 9.90. The molecule has 30 heavy (non-hydrogen) atoms. The summed E-state index contributed by atoms with van der Waals surface area (Å²) in [6.07, 6.45) is 0. The van der Waals surface area contributed by atoms with E-state index in [-0.39, 0.29) is 5.56 Å². The van der Waals surface area contributed by atoms with Gasteiger partial charge in [-0.3, -0.25) is 4.99 Å². The van der Waals surface area contributed by atoms with E-state index in [1.54, 1.807) is 12.1 Å². The van der Waals surface area contributed by atoms with Crippen LogP contribution in [0.5, 0.6) is 0 Å². The smallest absolute Gasteiger partial charge is 0.336 e. The Morgan fingerprint density at radius 2 is 1.83 bits per heavy atom. The van der Waals surface area contributed by atoms with Gasteiger partial charge in [-0.05, 0) is 49.7 Å². The number of hydrogen-bond donors (Lipinski definition) is 1. The fourth-order valence-electron chi connectivity index (χ4n) is 3.75. The van der Waals surface area contributed by atoms with Gasteiger partial charge in [0.05, 0.1) is 10.9 Å². The van der Waals surface area contributed by atoms with Crippen molar-refractivity contribution in [3.05, 3.63) is 71.6 Å². The molecule has 0 amide bonds. The van der Waals surface area contributed by atoms with Gasteiger partial charge in [0, 0.05) is 54.5 Å². The highest BCUT2D eigenvalue weighted by Crippen LogP contribution is 2.41. The molecule has 1 aliphatic carbocycles. The summed E-state index contributed by atoms with van der Waals surface area (Å²) in [5.74, 6) is -0.267. The van der Waals surface area contributed by atoms with E-state index in [1.807, 2.05) is 62.5 Å². The van der Waals surface area contributed by atoms with Crippen molar-refractivity contribution in [3.63, 3.8) is 0 Å². The van der Waals surface area contributed by atoms with Crippen molar-refractivity contribution in [2.75, 3.05) is 25.0 Å². The van der Waals surface area contributed by atoms with E-state index in [9.17, 15) is 9.90 Å². The molecular weight excluding hydrogens is 376 g/mol. The Kier molecular flexibility index (Phi) is 5.27. The number of carboxylic acid groups (broad SMARTS) is 1. The zero-order chi connectivity index (χ0) is 21.3. The first-order chi connectivity index (χ1) is 14.5. The third kappa shape index (κ3) is 3.43. The molecule has 0 saturated heterocycles. The van der Waals surface area contributed by atoms with Crippen LogP contribution in [-0.2, 0) is 0 Å². The summed E-state index contributed by atoms with van der Waals surface area (Å²) in [5.41, 5.74) is 4.42. The summed E-state index contributed by atoms with van der Waals surface area (Å²) in [4.78, 5) is 18.6. The van der Waals surface area contributed by atoms with Crippen LogP contribution < -0.4 is 10.3 Å². The molecule has 5 heteroatoms. The van der Waals surface area contributed by atoms with Crippen LogP contribution in [0.25, 0.3) is 33.4 Å². The highest BCUT2D eigenvalue weighted by molar-refractivity contribution is 6.07. The molecule has 0 spiro atoms. The average molecular weight is 400 g/mol. The molecule has 2 aromatic carbocycles. The predicted octanol–water partition coefficient (Wildman–Crippen LogP) is 5.28. The lowest BCUT2D eigenvalue weighted by molar-refractivity contribution is 0.0697. The second kappa shape index (κ2) is 8.03. The number of anilines is 1. The van der Waals surface area contributed by atoms with Crippen LogP contribution >= 0.6 is 0 Å². The number of carboxylic acids is 1. The van der Waals surface area contributed by atoms with E-state index in [1.165, 1.54) is 0 Å². The van der Waals surface area contributed by atoms with E-state index in [4.69, 9.17) is 4.42 Å². The molecule has 0 aromatic heterocycles. The van der Waals surface area contributed by atoms with Gasteiger partial charge >= 0.3 is 5.97 Å². The maximum Gasteiger partial charge on any atom is 0.336 e. The molecule has 152 valence electrons. The van der Waals surface area contributed by atoms with Gasteiger partial charge in [0.25, 0.3) is 0 Å². The van der Waals surface area contributed by atoms with Crippen LogP contribution in [0.3, 0.4) is 0 Å². The summed E-state index contributed by atoms with van der Waals surface area (Å²) < 4.78 is 6.30. The SMILES string of the molecule is CCN=c1ccc2c(-c3ccccc3C(=O)O)c3ccc(N(C)CC)cc3oc-2c1. The molecule has 1 heterocycles. The van der Waals surface area contributed by atoms with Crippen LogP contribution in [0.2, 0.25) is 0 Å². The highest BCUT2D eigenvalue weighted by atomic mass is 16.4. The fourth-order valence-corrected chi connectivity index (χ4v) is 3.75. The van der Waals surface area contributed by atoms with Crippen molar-refractivity contribution in [3.8, 4) is 22.5 Å². The minimum Gasteiger partial charge on any atom is -0.478 e. The molecule has 0 unspecified atom stereocenters. The Labute approximate surface area is 175 Å². The second-order valence-electron chi connectivity index (χ2n) is 7.18. The van der Waals surface area contributed by atoms with E-state index < -0.39 is 5.97 Å². The molecule has 0 atom stereocenters. The molecule has 2 aliphatic rings. The van der Waals surface area contributed by atoms with Crippen LogP contribution in [0.15, 0.2) is 70.1 Å². The van der Waals surface area contributed by atoms with Gasteiger partial charge in [-0.1, -0.05) is 18.2 Å². The van der Waals surface area contributed by atoms with E-state index in [0.717, 1.165) is 34.1 Å². The van der Waals surface area contributed by atoms with Crippen molar-refractivity contribution in [1.29, 1.82) is 0 Å². The topological polar surface area (TPSA) is 66.0 Å². The maximum atomic E-state index is 11.9. The molecule has 2 aromatic rings. The number of hydrogen-bond acceptors (Lipinski definition) is 4. The molecule has 0 fully saturated rings. The van der Waals surface area contributed by atoms with E-state index in [0.29, 0.717) is 23.5 Å². The summed E-state index contributed by atoms with van der Waals surface area (Å²) in [6, 6.07) is 19.0. The van der Waals surface area contributed by atoms with Crippen molar-refractivity contribution < 1.29 is 14.3 Å². The van der Waals surface area contributed by atoms with Crippen LogP contribution in [0, 0.1) is 0 Å². The molecular formula is C25H24N2O3. The summed E-state index contributed by atoms with van der Waals surface area (Å²) >= 11 is 0. The number of benzene rings is 3. The molecule has 0 radical (unpaired) electrons. The summed E-state index contributed by atoms with van der Waals surface area (Å²) in [5, 5.41) is 11.5. The molecule has 5 nitrogen and oxygen atoms in total. The van der Waals surface area contributed by atoms with Gasteiger partial charge in [0.15, 0.2) is 0 Å². The average Bonchev–Trinajstić information content (AvgIpc) is 2.76. The minimum absolute atomic E-state index is 0.267. The van der Waals surface area contributed by atoms with Gasteiger partial charge < -0.3 is 14.4 Å². The van der Waals surface area contributed by atoms with Gasteiger partial charge in [-0.25, -0.2) is 4.79 Å².